The molecule has 0 unspecified atom stereocenters. The molecule has 0 bridgehead atoms. The predicted molar refractivity (Wildman–Crippen MR) is 85.2 cm³/mol. The molecule has 3 heterocycles. The van der Waals surface area contributed by atoms with E-state index in [9.17, 15) is 4.79 Å². The third-order valence-electron chi connectivity index (χ3n) is 3.51. The van der Waals surface area contributed by atoms with Crippen LogP contribution in [-0.4, -0.2) is 51.0 Å². The lowest BCUT2D eigenvalue weighted by molar-refractivity contribution is 0.0924. The molecule has 3 rings (SSSR count). The molecule has 1 fully saturated rings. The zero-order valence-corrected chi connectivity index (χ0v) is 13.5. The van der Waals surface area contributed by atoms with Crippen LogP contribution in [-0.2, 0) is 7.05 Å². The van der Waals surface area contributed by atoms with E-state index in [0.717, 1.165) is 0 Å². The Labute approximate surface area is 137 Å². The highest BCUT2D eigenvalue weighted by molar-refractivity contribution is 7.98. The number of aryl methyl sites for hydroxylation is 1. The van der Waals surface area contributed by atoms with Crippen LogP contribution < -0.4 is 10.2 Å². The summed E-state index contributed by atoms with van der Waals surface area (Å²) in [5, 5.41) is 16.8. The Morgan fingerprint density at radius 2 is 2.30 bits per heavy atom. The number of carbonyl (C=O) groups excluding carboxylic acids is 1. The van der Waals surface area contributed by atoms with E-state index in [1.54, 1.807) is 24.0 Å². The summed E-state index contributed by atoms with van der Waals surface area (Å²) in [4.78, 5) is 22.5. The van der Waals surface area contributed by atoms with Crippen molar-refractivity contribution >= 4 is 23.5 Å². The number of hydrogen-bond acceptors (Lipinski definition) is 7. The Kier molecular flexibility index (Phi) is 4.16. The van der Waals surface area contributed by atoms with Gasteiger partial charge in [-0.25, -0.2) is 9.97 Å². The van der Waals surface area contributed by atoms with Gasteiger partial charge in [0.25, 0.3) is 5.91 Å². The van der Waals surface area contributed by atoms with Crippen LogP contribution in [0.2, 0.25) is 0 Å². The minimum atomic E-state index is -0.191. The third kappa shape index (κ3) is 3.12. The number of anilines is 1. The molecule has 0 atom stereocenters. The molecule has 0 spiro atoms. The fraction of sp³-hybridized carbons (Fsp3) is 0.357. The van der Waals surface area contributed by atoms with Crippen molar-refractivity contribution in [1.82, 2.24) is 25.1 Å². The van der Waals surface area contributed by atoms with Crippen molar-refractivity contribution in [2.45, 2.75) is 11.2 Å². The molecule has 118 valence electrons. The summed E-state index contributed by atoms with van der Waals surface area (Å²) < 4.78 is 1.59. The highest BCUT2D eigenvalue weighted by Crippen LogP contribution is 2.24. The van der Waals surface area contributed by atoms with Crippen molar-refractivity contribution in [3.8, 4) is 6.07 Å². The Balaban J connectivity index is 1.63. The number of nitriles is 1. The van der Waals surface area contributed by atoms with E-state index in [1.807, 2.05) is 11.2 Å². The van der Waals surface area contributed by atoms with Gasteiger partial charge in [-0.15, -0.1) is 0 Å². The monoisotopic (exact) mass is 329 g/mol. The highest BCUT2D eigenvalue weighted by atomic mass is 32.2. The van der Waals surface area contributed by atoms with Crippen LogP contribution in [0.15, 0.2) is 23.6 Å². The van der Waals surface area contributed by atoms with Gasteiger partial charge in [0.2, 0.25) is 0 Å². The lowest BCUT2D eigenvalue weighted by Gasteiger charge is -2.40. The first-order valence-electron chi connectivity index (χ1n) is 6.97. The number of nitrogens with zero attached hydrogens (tertiary/aromatic N) is 6. The molecule has 0 saturated carbocycles. The van der Waals surface area contributed by atoms with Crippen molar-refractivity contribution in [3.05, 3.63) is 29.7 Å². The average molecular weight is 329 g/mol. The molecular formula is C14H15N7OS. The van der Waals surface area contributed by atoms with Gasteiger partial charge in [0, 0.05) is 26.3 Å². The Hall–Kier alpha value is -2.60. The van der Waals surface area contributed by atoms with Crippen LogP contribution in [0.1, 0.15) is 16.1 Å². The topological polar surface area (TPSA) is 99.7 Å². The lowest BCUT2D eigenvalue weighted by Crippen LogP contribution is -2.60. The van der Waals surface area contributed by atoms with Gasteiger partial charge in [-0.1, -0.05) is 11.8 Å². The van der Waals surface area contributed by atoms with E-state index in [0.29, 0.717) is 35.3 Å². The fourth-order valence-electron chi connectivity index (χ4n) is 2.31. The molecule has 2 aromatic rings. The van der Waals surface area contributed by atoms with Gasteiger partial charge in [0.1, 0.15) is 17.3 Å². The molecule has 23 heavy (non-hydrogen) atoms. The number of aromatic nitrogens is 4. The maximum atomic E-state index is 12.0. The first-order chi connectivity index (χ1) is 11.1. The van der Waals surface area contributed by atoms with Gasteiger partial charge in [-0.3, -0.25) is 9.48 Å². The van der Waals surface area contributed by atoms with Gasteiger partial charge >= 0.3 is 0 Å². The molecule has 8 nitrogen and oxygen atoms in total. The maximum Gasteiger partial charge on any atom is 0.272 e. The molecule has 0 aromatic carbocycles. The standard InChI is InChI=1S/C14H15N7OS/c1-20-4-3-11(19-20)13(22)17-10-7-21(8-10)12-9(5-15)6-16-14(18-12)23-2/h3-4,6,10H,7-8H2,1-2H3,(H,17,22). The summed E-state index contributed by atoms with van der Waals surface area (Å²) in [5.41, 5.74) is 0.840. The number of nitrogens with one attached hydrogen (secondary N) is 1. The Morgan fingerprint density at radius 3 is 2.91 bits per heavy atom. The van der Waals surface area contributed by atoms with Crippen molar-refractivity contribution in [2.75, 3.05) is 24.2 Å². The van der Waals surface area contributed by atoms with Gasteiger partial charge in [0.05, 0.1) is 12.2 Å². The van der Waals surface area contributed by atoms with E-state index in [2.05, 4.69) is 26.5 Å². The van der Waals surface area contributed by atoms with E-state index in [-0.39, 0.29) is 11.9 Å². The van der Waals surface area contributed by atoms with Crippen molar-refractivity contribution in [3.63, 3.8) is 0 Å². The highest BCUT2D eigenvalue weighted by Gasteiger charge is 2.31. The van der Waals surface area contributed by atoms with E-state index < -0.39 is 0 Å². The van der Waals surface area contributed by atoms with Gasteiger partial charge in [-0.05, 0) is 12.3 Å². The Bertz CT molecular complexity index is 776. The molecule has 0 aliphatic carbocycles. The minimum absolute atomic E-state index is 0.0174. The molecular weight excluding hydrogens is 314 g/mol. The first kappa shape index (κ1) is 15.3. The molecule has 1 N–H and O–H groups in total. The minimum Gasteiger partial charge on any atom is -0.351 e. The molecule has 9 heteroatoms. The molecule has 1 saturated heterocycles. The van der Waals surface area contributed by atoms with E-state index >= 15 is 0 Å². The summed E-state index contributed by atoms with van der Waals surface area (Å²) in [6.07, 6.45) is 5.15. The Morgan fingerprint density at radius 1 is 1.52 bits per heavy atom. The van der Waals surface area contributed by atoms with Crippen LogP contribution in [0.25, 0.3) is 0 Å². The van der Waals surface area contributed by atoms with Crippen LogP contribution in [0.3, 0.4) is 0 Å². The summed E-state index contributed by atoms with van der Waals surface area (Å²) >= 11 is 1.43. The number of amides is 1. The fourth-order valence-corrected chi connectivity index (χ4v) is 2.65. The summed E-state index contributed by atoms with van der Waals surface area (Å²) in [7, 11) is 1.77. The van der Waals surface area contributed by atoms with Gasteiger partial charge in [-0.2, -0.15) is 10.4 Å². The second-order valence-corrected chi connectivity index (χ2v) is 5.93. The van der Waals surface area contributed by atoms with Gasteiger partial charge in [0.15, 0.2) is 11.0 Å². The van der Waals surface area contributed by atoms with Crippen molar-refractivity contribution in [1.29, 1.82) is 5.26 Å². The van der Waals surface area contributed by atoms with E-state index in [4.69, 9.17) is 5.26 Å². The normalized spacial score (nSPS) is 14.2. The first-order valence-corrected chi connectivity index (χ1v) is 8.19. The number of thioether (sulfide) groups is 1. The average Bonchev–Trinajstić information content (AvgIpc) is 2.96. The zero-order chi connectivity index (χ0) is 16.4. The molecule has 1 aliphatic heterocycles. The summed E-state index contributed by atoms with van der Waals surface area (Å²) in [6, 6.07) is 3.80. The van der Waals surface area contributed by atoms with Crippen LogP contribution >= 0.6 is 11.8 Å². The second kappa shape index (κ2) is 6.26. The van der Waals surface area contributed by atoms with Gasteiger partial charge < -0.3 is 10.2 Å². The SMILES string of the molecule is CSc1ncc(C#N)c(N2CC(NC(=O)c3ccn(C)n3)C2)n1. The maximum absolute atomic E-state index is 12.0. The molecule has 1 aliphatic rings. The van der Waals surface area contributed by atoms with Crippen LogP contribution in [0.4, 0.5) is 5.82 Å². The van der Waals surface area contributed by atoms with Crippen molar-refractivity contribution < 1.29 is 4.79 Å². The largest absolute Gasteiger partial charge is 0.351 e. The summed E-state index contributed by atoms with van der Waals surface area (Å²) in [5.74, 6) is 0.429. The summed E-state index contributed by atoms with van der Waals surface area (Å²) in [6.45, 7) is 1.22. The van der Waals surface area contributed by atoms with Crippen LogP contribution in [0, 0.1) is 11.3 Å². The molecule has 2 aromatic heterocycles. The lowest BCUT2D eigenvalue weighted by atomic mass is 10.1. The molecule has 0 radical (unpaired) electrons. The molecule has 1 amide bonds. The predicted octanol–water partition coefficient (Wildman–Crippen LogP) is 0.422. The quantitative estimate of drug-likeness (QED) is 0.641. The van der Waals surface area contributed by atoms with Crippen LogP contribution in [0.5, 0.6) is 0 Å². The van der Waals surface area contributed by atoms with E-state index in [1.165, 1.54) is 18.0 Å². The van der Waals surface area contributed by atoms with Crippen molar-refractivity contribution in [2.24, 2.45) is 7.05 Å². The number of rotatable bonds is 4. The second-order valence-electron chi connectivity index (χ2n) is 5.16. The number of hydrogen-bond donors (Lipinski definition) is 1. The zero-order valence-electron chi connectivity index (χ0n) is 12.7. The number of carbonyl (C=O) groups is 1. The smallest absolute Gasteiger partial charge is 0.272 e. The third-order valence-corrected chi connectivity index (χ3v) is 4.07.